The number of rotatable bonds is 4. The van der Waals surface area contributed by atoms with Gasteiger partial charge in [0.25, 0.3) is 0 Å². The molecule has 1 N–H and O–H groups in total. The second-order valence-electron chi connectivity index (χ2n) is 3.01. The molecule has 0 saturated carbocycles. The Hall–Kier alpha value is -0.860. The number of nitrogens with one attached hydrogen (secondary N) is 1. The van der Waals surface area contributed by atoms with Crippen LogP contribution in [0.5, 0.6) is 0 Å². The van der Waals surface area contributed by atoms with Gasteiger partial charge in [-0.05, 0) is 34.1 Å². The van der Waals surface area contributed by atoms with Gasteiger partial charge in [0, 0.05) is 39.5 Å². The van der Waals surface area contributed by atoms with Crippen molar-refractivity contribution in [1.82, 2.24) is 0 Å². The number of benzene rings is 1. The summed E-state index contributed by atoms with van der Waals surface area (Å²) in [7, 11) is -0.777. The lowest BCUT2D eigenvalue weighted by Gasteiger charge is -2.05. The molecule has 80 valence electrons. The summed E-state index contributed by atoms with van der Waals surface area (Å²) in [6.45, 7) is 0.668. The highest BCUT2D eigenvalue weighted by molar-refractivity contribution is 9.10. The van der Waals surface area contributed by atoms with Crippen molar-refractivity contribution in [3.8, 4) is 6.07 Å². The van der Waals surface area contributed by atoms with Crippen LogP contribution in [0.25, 0.3) is 0 Å². The summed E-state index contributed by atoms with van der Waals surface area (Å²) in [6, 6.07) is 7.50. The SMILES string of the molecule is CS(=O)CCNc1ccc(C#N)c(Br)c1. The highest BCUT2D eigenvalue weighted by atomic mass is 79.9. The van der Waals surface area contributed by atoms with Gasteiger partial charge in [0.15, 0.2) is 0 Å². The largest absolute Gasteiger partial charge is 0.384 e. The fourth-order valence-electron chi connectivity index (χ4n) is 1.05. The van der Waals surface area contributed by atoms with Crippen LogP contribution >= 0.6 is 15.9 Å². The fourth-order valence-corrected chi connectivity index (χ4v) is 1.91. The molecule has 5 heteroatoms. The Bertz CT molecular complexity index is 414. The summed E-state index contributed by atoms with van der Waals surface area (Å²) >= 11 is 3.31. The van der Waals surface area contributed by atoms with E-state index in [1.807, 2.05) is 12.1 Å². The van der Waals surface area contributed by atoms with Crippen LogP contribution in [0, 0.1) is 11.3 Å². The highest BCUT2D eigenvalue weighted by Gasteiger charge is 2.00. The molecule has 0 aliphatic rings. The molecule has 0 radical (unpaired) electrons. The maximum absolute atomic E-state index is 10.8. The van der Waals surface area contributed by atoms with Gasteiger partial charge in [0.1, 0.15) is 6.07 Å². The molecule has 1 atom stereocenters. The van der Waals surface area contributed by atoms with E-state index in [1.54, 1.807) is 12.3 Å². The monoisotopic (exact) mass is 286 g/mol. The average molecular weight is 287 g/mol. The molecule has 1 aromatic rings. The molecule has 0 aliphatic heterocycles. The molecule has 0 amide bonds. The summed E-state index contributed by atoms with van der Waals surface area (Å²) < 4.78 is 11.6. The lowest BCUT2D eigenvalue weighted by atomic mass is 10.2. The topological polar surface area (TPSA) is 52.9 Å². The molecule has 0 aliphatic carbocycles. The van der Waals surface area contributed by atoms with Gasteiger partial charge in [-0.3, -0.25) is 4.21 Å². The Labute approximate surface area is 100 Å². The maximum atomic E-state index is 10.8. The Morgan fingerprint density at radius 3 is 2.87 bits per heavy atom. The van der Waals surface area contributed by atoms with E-state index in [-0.39, 0.29) is 0 Å². The maximum Gasteiger partial charge on any atom is 0.100 e. The van der Waals surface area contributed by atoms with Crippen LogP contribution in [0.1, 0.15) is 5.56 Å². The predicted octanol–water partition coefficient (Wildman–Crippen LogP) is 2.11. The quantitative estimate of drug-likeness (QED) is 0.922. The van der Waals surface area contributed by atoms with Gasteiger partial charge in [-0.1, -0.05) is 0 Å². The van der Waals surface area contributed by atoms with Gasteiger partial charge in [-0.15, -0.1) is 0 Å². The molecular weight excluding hydrogens is 276 g/mol. The van der Waals surface area contributed by atoms with Gasteiger partial charge in [-0.2, -0.15) is 5.26 Å². The van der Waals surface area contributed by atoms with Crippen molar-refractivity contribution >= 4 is 32.4 Å². The third-order valence-corrected chi connectivity index (χ3v) is 3.24. The van der Waals surface area contributed by atoms with Crippen LogP contribution in [0.2, 0.25) is 0 Å². The van der Waals surface area contributed by atoms with E-state index in [4.69, 9.17) is 5.26 Å². The summed E-state index contributed by atoms with van der Waals surface area (Å²) in [5, 5.41) is 11.9. The standard InChI is InChI=1S/C10H11BrN2OS/c1-15(14)5-4-13-9-3-2-8(7-12)10(11)6-9/h2-3,6,13H,4-5H2,1H3. The molecule has 0 fully saturated rings. The molecule has 3 nitrogen and oxygen atoms in total. The first-order valence-corrected chi connectivity index (χ1v) is 6.89. The third kappa shape index (κ3) is 4.02. The average Bonchev–Trinajstić information content (AvgIpc) is 2.17. The third-order valence-electron chi connectivity index (χ3n) is 1.81. The van der Waals surface area contributed by atoms with Crippen molar-refractivity contribution in [1.29, 1.82) is 5.26 Å². The zero-order valence-corrected chi connectivity index (χ0v) is 10.7. The molecule has 0 spiro atoms. The summed E-state index contributed by atoms with van der Waals surface area (Å²) in [4.78, 5) is 0. The van der Waals surface area contributed by atoms with Crippen LogP contribution in [0.4, 0.5) is 5.69 Å². The lowest BCUT2D eigenvalue weighted by molar-refractivity contribution is 0.687. The lowest BCUT2D eigenvalue weighted by Crippen LogP contribution is -2.09. The second-order valence-corrected chi connectivity index (χ2v) is 5.42. The molecule has 1 aromatic carbocycles. The fraction of sp³-hybridized carbons (Fsp3) is 0.300. The number of hydrogen-bond acceptors (Lipinski definition) is 3. The van der Waals surface area contributed by atoms with Crippen LogP contribution in [0.3, 0.4) is 0 Å². The smallest absolute Gasteiger partial charge is 0.100 e. The van der Waals surface area contributed by atoms with Gasteiger partial charge < -0.3 is 5.32 Å². The van der Waals surface area contributed by atoms with Crippen LogP contribution in [-0.2, 0) is 10.8 Å². The molecule has 1 rings (SSSR count). The zero-order chi connectivity index (χ0) is 11.3. The minimum atomic E-state index is -0.777. The van der Waals surface area contributed by atoms with Crippen molar-refractivity contribution < 1.29 is 4.21 Å². The normalized spacial score (nSPS) is 11.8. The van der Waals surface area contributed by atoms with Crippen LogP contribution in [-0.4, -0.2) is 22.8 Å². The van der Waals surface area contributed by atoms with Gasteiger partial charge in [0.2, 0.25) is 0 Å². The summed E-state index contributed by atoms with van der Waals surface area (Å²) in [6.07, 6.45) is 1.68. The van der Waals surface area contributed by atoms with E-state index in [2.05, 4.69) is 27.3 Å². The Morgan fingerprint density at radius 2 is 2.33 bits per heavy atom. The second kappa shape index (κ2) is 5.89. The Balaban J connectivity index is 2.60. The number of halogens is 1. The van der Waals surface area contributed by atoms with Crippen molar-refractivity contribution in [2.75, 3.05) is 23.9 Å². The Morgan fingerprint density at radius 1 is 1.60 bits per heavy atom. The number of nitrogens with zero attached hydrogens (tertiary/aromatic N) is 1. The van der Waals surface area contributed by atoms with Gasteiger partial charge in [-0.25, -0.2) is 0 Å². The summed E-state index contributed by atoms with van der Waals surface area (Å²) in [5.74, 6) is 0.623. The van der Waals surface area contributed by atoms with E-state index in [0.717, 1.165) is 10.2 Å². The zero-order valence-electron chi connectivity index (χ0n) is 8.29. The van der Waals surface area contributed by atoms with Crippen LogP contribution < -0.4 is 5.32 Å². The minimum absolute atomic E-state index is 0.611. The molecule has 1 unspecified atom stereocenters. The molecule has 0 heterocycles. The first-order chi connectivity index (χ1) is 7.13. The number of nitriles is 1. The van der Waals surface area contributed by atoms with E-state index < -0.39 is 10.8 Å². The van der Waals surface area contributed by atoms with Gasteiger partial charge in [0.05, 0.1) is 5.56 Å². The Kier molecular flexibility index (Phi) is 4.79. The van der Waals surface area contributed by atoms with E-state index >= 15 is 0 Å². The predicted molar refractivity (Wildman–Crippen MR) is 66.3 cm³/mol. The van der Waals surface area contributed by atoms with E-state index in [1.165, 1.54) is 0 Å². The molecule has 0 saturated heterocycles. The first kappa shape index (κ1) is 12.2. The van der Waals surface area contributed by atoms with Crippen molar-refractivity contribution in [3.05, 3.63) is 28.2 Å². The van der Waals surface area contributed by atoms with E-state index in [9.17, 15) is 4.21 Å². The van der Waals surface area contributed by atoms with Crippen LogP contribution in [0.15, 0.2) is 22.7 Å². The minimum Gasteiger partial charge on any atom is -0.384 e. The molecule has 0 bridgehead atoms. The van der Waals surface area contributed by atoms with Gasteiger partial charge >= 0.3 is 0 Å². The van der Waals surface area contributed by atoms with Crippen molar-refractivity contribution in [3.63, 3.8) is 0 Å². The molecular formula is C10H11BrN2OS. The van der Waals surface area contributed by atoms with Crippen molar-refractivity contribution in [2.45, 2.75) is 0 Å². The summed E-state index contributed by atoms with van der Waals surface area (Å²) in [5.41, 5.74) is 1.53. The van der Waals surface area contributed by atoms with Crippen molar-refractivity contribution in [2.24, 2.45) is 0 Å². The number of hydrogen-bond donors (Lipinski definition) is 1. The number of anilines is 1. The van der Waals surface area contributed by atoms with E-state index in [0.29, 0.717) is 17.9 Å². The highest BCUT2D eigenvalue weighted by Crippen LogP contribution is 2.20. The first-order valence-electron chi connectivity index (χ1n) is 4.37. The molecule has 0 aromatic heterocycles. The molecule has 15 heavy (non-hydrogen) atoms.